The Morgan fingerprint density at radius 3 is 2.17 bits per heavy atom. The van der Waals surface area contributed by atoms with Gasteiger partial charge in [0.05, 0.1) is 37.0 Å². The third kappa shape index (κ3) is 7.69. The van der Waals surface area contributed by atoms with E-state index >= 15 is 0 Å². The van der Waals surface area contributed by atoms with Crippen LogP contribution < -0.4 is 16.0 Å². The molecular formula is C32H45FN4O4S. The van der Waals surface area contributed by atoms with Crippen LogP contribution >= 0.6 is 12.2 Å². The van der Waals surface area contributed by atoms with Gasteiger partial charge in [-0.2, -0.15) is 0 Å². The number of likely N-dealkylation sites (tertiary alicyclic amines) is 1. The SMILES string of the molecule is COC(=O)C1=C(C)NC(C)=C(C(=O)OC)C1c1ccc(F)c(NC(=S)NCCCN2CCC(C3CCCCC3)CC2)c1. The van der Waals surface area contributed by atoms with Crippen LogP contribution in [0.15, 0.2) is 40.7 Å². The predicted octanol–water partition coefficient (Wildman–Crippen LogP) is 5.38. The maximum Gasteiger partial charge on any atom is 0.336 e. The number of methoxy groups -OCH3 is 2. The lowest BCUT2D eigenvalue weighted by Crippen LogP contribution is -2.38. The standard InChI is InChI=1S/C32H45FN4O4S/c1-20-27(30(38)40-3)29(28(21(2)35-20)31(39)41-4)24-11-12-25(33)26(19-24)36-32(42)34-15-8-16-37-17-13-23(14-18-37)22-9-6-5-7-10-22/h11-12,19,22-23,29,35H,5-10,13-18H2,1-4H3,(H2,34,36,42). The van der Waals surface area contributed by atoms with Crippen molar-refractivity contribution in [2.75, 3.05) is 45.7 Å². The normalized spacial score (nSPS) is 19.4. The fraction of sp³-hybridized carbons (Fsp3) is 0.594. The number of nitrogens with zero attached hydrogens (tertiary/aromatic N) is 1. The maximum atomic E-state index is 14.9. The fourth-order valence-corrected chi connectivity index (χ4v) is 7.04. The molecule has 2 heterocycles. The summed E-state index contributed by atoms with van der Waals surface area (Å²) < 4.78 is 25.0. The van der Waals surface area contributed by atoms with E-state index in [1.54, 1.807) is 26.0 Å². The van der Waals surface area contributed by atoms with Gasteiger partial charge in [-0.05, 0) is 94.5 Å². The third-order valence-electron chi connectivity index (χ3n) is 9.03. The van der Waals surface area contributed by atoms with E-state index in [0.29, 0.717) is 28.6 Å². The predicted molar refractivity (Wildman–Crippen MR) is 166 cm³/mol. The van der Waals surface area contributed by atoms with Crippen LogP contribution in [0.1, 0.15) is 76.7 Å². The number of esters is 2. The molecule has 0 spiro atoms. The molecule has 2 fully saturated rings. The van der Waals surface area contributed by atoms with Gasteiger partial charge in [0.25, 0.3) is 0 Å². The van der Waals surface area contributed by atoms with Gasteiger partial charge in [0.15, 0.2) is 5.11 Å². The molecule has 0 aromatic heterocycles. The summed E-state index contributed by atoms with van der Waals surface area (Å²) in [7, 11) is 2.56. The third-order valence-corrected chi connectivity index (χ3v) is 9.27. The molecule has 0 amide bonds. The minimum atomic E-state index is -0.809. The van der Waals surface area contributed by atoms with Crippen LogP contribution in [0.4, 0.5) is 10.1 Å². The quantitative estimate of drug-likeness (QED) is 0.196. The number of rotatable bonds is 9. The van der Waals surface area contributed by atoms with Crippen molar-refractivity contribution in [2.24, 2.45) is 11.8 Å². The summed E-state index contributed by atoms with van der Waals surface area (Å²) in [6, 6.07) is 4.42. The zero-order valence-electron chi connectivity index (χ0n) is 25.3. The van der Waals surface area contributed by atoms with E-state index in [2.05, 4.69) is 20.9 Å². The Bertz CT molecular complexity index is 1180. The van der Waals surface area contributed by atoms with Gasteiger partial charge in [0.1, 0.15) is 5.82 Å². The minimum absolute atomic E-state index is 0.150. The van der Waals surface area contributed by atoms with Crippen molar-refractivity contribution in [1.29, 1.82) is 0 Å². The molecule has 1 saturated heterocycles. The molecule has 0 atom stereocenters. The van der Waals surface area contributed by atoms with Gasteiger partial charge >= 0.3 is 11.9 Å². The molecule has 8 nitrogen and oxygen atoms in total. The van der Waals surface area contributed by atoms with Crippen molar-refractivity contribution in [1.82, 2.24) is 15.5 Å². The van der Waals surface area contributed by atoms with Crippen LogP contribution in [-0.2, 0) is 19.1 Å². The van der Waals surface area contributed by atoms with Crippen molar-refractivity contribution in [2.45, 2.75) is 71.1 Å². The zero-order valence-corrected chi connectivity index (χ0v) is 26.1. The van der Waals surface area contributed by atoms with Crippen LogP contribution in [0.5, 0.6) is 0 Å². The Labute approximate surface area is 254 Å². The number of carbonyl (C=O) groups is 2. The summed E-state index contributed by atoms with van der Waals surface area (Å²) in [5.74, 6) is -0.646. The Morgan fingerprint density at radius 2 is 1.57 bits per heavy atom. The highest BCUT2D eigenvalue weighted by atomic mass is 32.1. The second-order valence-corrected chi connectivity index (χ2v) is 12.1. The molecule has 1 aromatic carbocycles. The number of nitrogens with one attached hydrogen (secondary N) is 3. The first-order valence-corrected chi connectivity index (χ1v) is 15.6. The number of hydrogen-bond acceptors (Lipinski definition) is 7. The van der Waals surface area contributed by atoms with Gasteiger partial charge in [-0.3, -0.25) is 0 Å². The molecule has 4 rings (SSSR count). The van der Waals surface area contributed by atoms with E-state index in [9.17, 15) is 14.0 Å². The Morgan fingerprint density at radius 1 is 0.976 bits per heavy atom. The fourth-order valence-electron chi connectivity index (χ4n) is 6.83. The first kappa shape index (κ1) is 31.9. The average molecular weight is 601 g/mol. The second-order valence-electron chi connectivity index (χ2n) is 11.7. The van der Waals surface area contributed by atoms with E-state index in [1.807, 2.05) is 0 Å². The van der Waals surface area contributed by atoms with E-state index < -0.39 is 23.7 Å². The first-order valence-electron chi connectivity index (χ1n) is 15.1. The summed E-state index contributed by atoms with van der Waals surface area (Å²) in [6.45, 7) is 7.49. The number of anilines is 1. The summed E-state index contributed by atoms with van der Waals surface area (Å²) in [5, 5.41) is 9.54. The van der Waals surface area contributed by atoms with E-state index in [4.69, 9.17) is 21.7 Å². The lowest BCUT2D eigenvalue weighted by atomic mass is 9.76. The highest BCUT2D eigenvalue weighted by molar-refractivity contribution is 7.80. The molecule has 1 saturated carbocycles. The Balaban J connectivity index is 1.35. The number of carbonyl (C=O) groups excluding carboxylic acids is 2. The maximum absolute atomic E-state index is 14.9. The largest absolute Gasteiger partial charge is 0.466 e. The van der Waals surface area contributed by atoms with Crippen LogP contribution in [0.2, 0.25) is 0 Å². The summed E-state index contributed by atoms with van der Waals surface area (Å²) >= 11 is 5.48. The van der Waals surface area contributed by atoms with Gasteiger partial charge < -0.3 is 30.3 Å². The number of benzene rings is 1. The lowest BCUT2D eigenvalue weighted by molar-refractivity contribution is -0.137. The van der Waals surface area contributed by atoms with Crippen LogP contribution in [0, 0.1) is 17.7 Å². The zero-order chi connectivity index (χ0) is 30.2. The van der Waals surface area contributed by atoms with Crippen molar-refractivity contribution < 1.29 is 23.5 Å². The van der Waals surface area contributed by atoms with Crippen LogP contribution in [-0.4, -0.2) is 62.3 Å². The average Bonchev–Trinajstić information content (AvgIpc) is 3.00. The summed E-state index contributed by atoms with van der Waals surface area (Å²) in [5.41, 5.74) is 2.28. The van der Waals surface area contributed by atoms with Crippen molar-refractivity contribution in [3.05, 3.63) is 52.1 Å². The number of allylic oxidation sites excluding steroid dienone is 2. The highest BCUT2D eigenvalue weighted by Gasteiger charge is 2.38. The van der Waals surface area contributed by atoms with Crippen LogP contribution in [0.25, 0.3) is 0 Å². The number of piperidine rings is 1. The van der Waals surface area contributed by atoms with Gasteiger partial charge in [-0.1, -0.05) is 38.2 Å². The van der Waals surface area contributed by atoms with Crippen molar-refractivity contribution in [3.63, 3.8) is 0 Å². The molecule has 230 valence electrons. The van der Waals surface area contributed by atoms with Crippen molar-refractivity contribution in [3.8, 4) is 0 Å². The van der Waals surface area contributed by atoms with Gasteiger partial charge in [0, 0.05) is 17.9 Å². The Kier molecular flexibility index (Phi) is 11.4. The molecule has 10 heteroatoms. The number of halogens is 1. The molecule has 1 aliphatic carbocycles. The molecule has 2 aliphatic heterocycles. The summed E-state index contributed by atoms with van der Waals surface area (Å²) in [4.78, 5) is 28.1. The summed E-state index contributed by atoms with van der Waals surface area (Å²) in [6.07, 6.45) is 10.6. The van der Waals surface area contributed by atoms with Crippen molar-refractivity contribution >= 4 is 35.0 Å². The Hall–Kier alpha value is -2.98. The van der Waals surface area contributed by atoms with Gasteiger partial charge in [-0.25, -0.2) is 14.0 Å². The number of thiocarbonyl (C=S) groups is 1. The highest BCUT2D eigenvalue weighted by Crippen LogP contribution is 2.40. The number of hydrogen-bond donors (Lipinski definition) is 3. The molecule has 1 aromatic rings. The van der Waals surface area contributed by atoms with E-state index in [1.165, 1.54) is 78.3 Å². The molecule has 42 heavy (non-hydrogen) atoms. The molecule has 0 radical (unpaired) electrons. The van der Waals surface area contributed by atoms with E-state index in [-0.39, 0.29) is 16.8 Å². The molecule has 0 unspecified atom stereocenters. The number of dihydropyridines is 1. The van der Waals surface area contributed by atoms with Gasteiger partial charge in [-0.15, -0.1) is 0 Å². The number of ether oxygens (including phenoxy) is 2. The second kappa shape index (κ2) is 15.0. The molecule has 0 bridgehead atoms. The van der Waals surface area contributed by atoms with E-state index in [0.717, 1.165) is 24.8 Å². The lowest BCUT2D eigenvalue weighted by Gasteiger charge is -2.37. The molecular weight excluding hydrogens is 555 g/mol. The smallest absolute Gasteiger partial charge is 0.336 e. The first-order chi connectivity index (χ1) is 20.2. The minimum Gasteiger partial charge on any atom is -0.466 e. The van der Waals surface area contributed by atoms with Gasteiger partial charge in [0.2, 0.25) is 0 Å². The monoisotopic (exact) mass is 600 g/mol. The topological polar surface area (TPSA) is 91.9 Å². The van der Waals surface area contributed by atoms with Crippen LogP contribution in [0.3, 0.4) is 0 Å². The molecule has 3 aliphatic rings. The molecule has 3 N–H and O–H groups in total.